The third-order valence-corrected chi connectivity index (χ3v) is 7.19. The zero-order chi connectivity index (χ0) is 27.4. The van der Waals surface area contributed by atoms with Crippen molar-refractivity contribution < 1.29 is 33.4 Å². The summed E-state index contributed by atoms with van der Waals surface area (Å²) in [5.74, 6) is -1.72. The predicted molar refractivity (Wildman–Crippen MR) is 136 cm³/mol. The average molecular weight is 513 g/mol. The molecule has 6 unspecified atom stereocenters. The number of methoxy groups -OCH3 is 3. The van der Waals surface area contributed by atoms with Crippen molar-refractivity contribution in [3.8, 4) is 0 Å². The first-order valence-corrected chi connectivity index (χ1v) is 12.4. The fraction of sp³-hybridized carbons (Fsp3) is 0.800. The average Bonchev–Trinajstić information content (AvgIpc) is 3.36. The highest BCUT2D eigenvalue weighted by atomic mass is 16.5. The number of nitrogens with zero attached hydrogens (tertiary/aromatic N) is 3. The number of amides is 3. The molecule has 206 valence electrons. The Kier molecular flexibility index (Phi) is 13.6. The van der Waals surface area contributed by atoms with Crippen molar-refractivity contribution in [1.29, 1.82) is 0 Å². The Bertz CT molecular complexity index is 763. The third kappa shape index (κ3) is 8.26. The van der Waals surface area contributed by atoms with Crippen LogP contribution in [0.25, 0.3) is 0 Å². The van der Waals surface area contributed by atoms with Gasteiger partial charge in [-0.1, -0.05) is 27.2 Å². The summed E-state index contributed by atoms with van der Waals surface area (Å²) in [6.07, 6.45) is 1.28. The molecule has 1 heterocycles. The van der Waals surface area contributed by atoms with Gasteiger partial charge in [-0.15, -0.1) is 0 Å². The van der Waals surface area contributed by atoms with E-state index < -0.39 is 24.1 Å². The van der Waals surface area contributed by atoms with Gasteiger partial charge in [-0.25, -0.2) is 0 Å². The number of hydrogen-bond donors (Lipinski definition) is 1. The zero-order valence-electron chi connectivity index (χ0n) is 22.8. The summed E-state index contributed by atoms with van der Waals surface area (Å²) in [6, 6.07) is -0.620. The number of likely N-dealkylation sites (tertiary alicyclic amines) is 1. The Morgan fingerprint density at radius 3 is 2.36 bits per heavy atom. The van der Waals surface area contributed by atoms with E-state index in [1.165, 1.54) is 14.2 Å². The van der Waals surface area contributed by atoms with E-state index in [2.05, 4.69) is 21.8 Å². The second-order valence-electron chi connectivity index (χ2n) is 9.32. The molecule has 1 saturated heterocycles. The summed E-state index contributed by atoms with van der Waals surface area (Å²) in [5.41, 5.74) is 0. The highest BCUT2D eigenvalue weighted by molar-refractivity contribution is 5.84. The lowest BCUT2D eigenvalue weighted by molar-refractivity contribution is -0.146. The lowest BCUT2D eigenvalue weighted by Crippen LogP contribution is -2.53. The lowest BCUT2D eigenvalue weighted by Gasteiger charge is -2.39. The molecule has 6 atom stereocenters. The normalized spacial score (nSPS) is 19.5. The quantitative estimate of drug-likeness (QED) is 0.255. The van der Waals surface area contributed by atoms with Gasteiger partial charge in [0.15, 0.2) is 0 Å². The van der Waals surface area contributed by atoms with Crippen LogP contribution in [0.15, 0.2) is 4.99 Å². The number of ether oxygens (including phenoxy) is 3. The van der Waals surface area contributed by atoms with Crippen LogP contribution in [0.2, 0.25) is 0 Å². The van der Waals surface area contributed by atoms with Gasteiger partial charge in [0.1, 0.15) is 13.1 Å². The largest absolute Gasteiger partial charge is 0.468 e. The highest BCUT2D eigenvalue weighted by Gasteiger charge is 2.41. The van der Waals surface area contributed by atoms with Gasteiger partial charge in [0.05, 0.1) is 43.7 Å². The molecule has 0 saturated carbocycles. The summed E-state index contributed by atoms with van der Waals surface area (Å²) in [5, 5.41) is 2.56. The maximum Gasteiger partial charge on any atom is 0.325 e. The molecule has 0 spiro atoms. The Morgan fingerprint density at radius 2 is 1.83 bits per heavy atom. The van der Waals surface area contributed by atoms with E-state index in [0.717, 1.165) is 12.8 Å². The molecule has 1 aliphatic heterocycles. The molecular formula is C25H44N4O7. The molecule has 36 heavy (non-hydrogen) atoms. The predicted octanol–water partition coefficient (Wildman–Crippen LogP) is 0.897. The van der Waals surface area contributed by atoms with E-state index in [0.29, 0.717) is 13.0 Å². The first-order chi connectivity index (χ1) is 17.1. The topological polar surface area (TPSA) is 127 Å². The molecule has 11 heteroatoms. The molecule has 0 radical (unpaired) electrons. The van der Waals surface area contributed by atoms with Crippen molar-refractivity contribution in [3.63, 3.8) is 0 Å². The molecule has 11 nitrogen and oxygen atoms in total. The van der Waals surface area contributed by atoms with Gasteiger partial charge < -0.3 is 29.3 Å². The number of nitrogens with one attached hydrogen (secondary N) is 1. The highest BCUT2D eigenvalue weighted by Crippen LogP contribution is 2.29. The lowest BCUT2D eigenvalue weighted by atomic mass is 9.90. The minimum absolute atomic E-state index is 0.0343. The van der Waals surface area contributed by atoms with Crippen LogP contribution >= 0.6 is 0 Å². The van der Waals surface area contributed by atoms with Crippen LogP contribution in [0.4, 0.5) is 0 Å². The van der Waals surface area contributed by atoms with E-state index in [4.69, 9.17) is 9.47 Å². The van der Waals surface area contributed by atoms with Crippen molar-refractivity contribution >= 4 is 30.4 Å². The summed E-state index contributed by atoms with van der Waals surface area (Å²) in [6.45, 7) is 9.45. The van der Waals surface area contributed by atoms with Crippen molar-refractivity contribution in [2.24, 2.45) is 16.8 Å². The van der Waals surface area contributed by atoms with Gasteiger partial charge >= 0.3 is 5.97 Å². The molecular weight excluding hydrogens is 468 g/mol. The second-order valence-corrected chi connectivity index (χ2v) is 9.32. The number of likely N-dealkylation sites (N-methyl/N-ethyl adjacent to an activating group) is 1. The van der Waals surface area contributed by atoms with Crippen LogP contribution in [-0.2, 0) is 33.4 Å². The molecule has 0 aliphatic carbocycles. The van der Waals surface area contributed by atoms with Crippen LogP contribution in [0, 0.1) is 11.8 Å². The third-order valence-electron chi connectivity index (χ3n) is 7.19. The molecule has 1 fully saturated rings. The molecule has 1 rings (SSSR count). The first-order valence-electron chi connectivity index (χ1n) is 12.4. The monoisotopic (exact) mass is 512 g/mol. The van der Waals surface area contributed by atoms with E-state index in [9.17, 15) is 19.2 Å². The maximum atomic E-state index is 13.5. The number of esters is 1. The van der Waals surface area contributed by atoms with Crippen molar-refractivity contribution in [1.82, 2.24) is 15.1 Å². The number of carbonyl (C=O) groups is 4. The smallest absolute Gasteiger partial charge is 0.325 e. The molecule has 1 N–H and O–H groups in total. The standard InChI is InChI=1S/C25H44N4O7/c1-9-16(2)23(28(5)21(31)14-26-4)19(34-6)13-20(30)29-12-10-11-18(29)24(36-8)17(3)25(33)27-15-22(32)35-7/h16-19,23-24H,4,9-15H2,1-3,5-8H3,(H,27,33). The van der Waals surface area contributed by atoms with Crippen LogP contribution in [0.1, 0.15) is 46.5 Å². The van der Waals surface area contributed by atoms with E-state index >= 15 is 0 Å². The van der Waals surface area contributed by atoms with E-state index in [-0.39, 0.29) is 55.2 Å². The molecule has 3 amide bonds. The fourth-order valence-corrected chi connectivity index (χ4v) is 4.93. The Labute approximate surface area is 214 Å². The first kappa shape index (κ1) is 31.5. The van der Waals surface area contributed by atoms with Crippen molar-refractivity contribution in [3.05, 3.63) is 0 Å². The minimum Gasteiger partial charge on any atom is -0.468 e. The number of aliphatic imine (C=N–C) groups is 1. The molecule has 0 aromatic rings. The van der Waals surface area contributed by atoms with Crippen LogP contribution in [0.5, 0.6) is 0 Å². The SMILES string of the molecule is C=NCC(=O)N(C)C(C(C)CC)C(CC(=O)N1CCCC1C(OC)C(C)C(=O)NCC(=O)OC)OC. The van der Waals surface area contributed by atoms with E-state index in [1.807, 2.05) is 13.8 Å². The van der Waals surface area contributed by atoms with Crippen LogP contribution in [0.3, 0.4) is 0 Å². The molecule has 0 aromatic carbocycles. The second kappa shape index (κ2) is 15.6. The van der Waals surface area contributed by atoms with Crippen LogP contribution < -0.4 is 5.32 Å². The van der Waals surface area contributed by atoms with Gasteiger partial charge in [-0.3, -0.25) is 24.2 Å². The minimum atomic E-state index is -0.598. The van der Waals surface area contributed by atoms with Gasteiger partial charge in [0, 0.05) is 27.8 Å². The van der Waals surface area contributed by atoms with Crippen molar-refractivity contribution in [2.75, 3.05) is 48.0 Å². The number of hydrogen-bond acceptors (Lipinski definition) is 8. The Hall–Kier alpha value is -2.53. The summed E-state index contributed by atoms with van der Waals surface area (Å²) < 4.78 is 16.0. The van der Waals surface area contributed by atoms with Crippen LogP contribution in [-0.4, -0.2) is 113 Å². The van der Waals surface area contributed by atoms with Crippen molar-refractivity contribution in [2.45, 2.75) is 70.7 Å². The maximum absolute atomic E-state index is 13.5. The van der Waals surface area contributed by atoms with E-state index in [1.54, 1.807) is 30.9 Å². The number of carbonyl (C=O) groups excluding carboxylic acids is 4. The molecule has 1 aliphatic rings. The molecule has 0 bridgehead atoms. The molecule has 0 aromatic heterocycles. The summed E-state index contributed by atoms with van der Waals surface area (Å²) in [4.78, 5) is 57.2. The summed E-state index contributed by atoms with van der Waals surface area (Å²) in [7, 11) is 6.02. The summed E-state index contributed by atoms with van der Waals surface area (Å²) >= 11 is 0. The Balaban J connectivity index is 3.03. The fourth-order valence-electron chi connectivity index (χ4n) is 4.93. The van der Waals surface area contributed by atoms with Gasteiger partial charge in [0.2, 0.25) is 17.7 Å². The zero-order valence-corrected chi connectivity index (χ0v) is 22.8. The Morgan fingerprint density at radius 1 is 1.17 bits per heavy atom. The van der Waals surface area contributed by atoms with Gasteiger partial charge in [-0.05, 0) is 25.5 Å². The van der Waals surface area contributed by atoms with Gasteiger partial charge in [0.25, 0.3) is 0 Å². The van der Waals surface area contributed by atoms with Gasteiger partial charge in [-0.2, -0.15) is 0 Å². The number of rotatable bonds is 15.